The highest BCUT2D eigenvalue weighted by atomic mass is 16.5. The lowest BCUT2D eigenvalue weighted by atomic mass is 9.90. The standard InChI is InChI=1S/C16H23NO/c1-15(2)7-8-16(3,11-15)18-13-5-4-12-6-9-17-14(12)10-13/h4-5,10,17H,6-9,11H2,1-3H3. The summed E-state index contributed by atoms with van der Waals surface area (Å²) in [4.78, 5) is 0. The molecule has 1 atom stereocenters. The summed E-state index contributed by atoms with van der Waals surface area (Å²) < 4.78 is 6.28. The van der Waals surface area contributed by atoms with Gasteiger partial charge in [-0.05, 0) is 49.7 Å². The summed E-state index contributed by atoms with van der Waals surface area (Å²) in [6, 6.07) is 6.50. The Balaban J connectivity index is 1.77. The first-order valence-corrected chi connectivity index (χ1v) is 7.02. The van der Waals surface area contributed by atoms with Crippen LogP contribution < -0.4 is 10.1 Å². The van der Waals surface area contributed by atoms with Gasteiger partial charge in [-0.25, -0.2) is 0 Å². The van der Waals surface area contributed by atoms with Gasteiger partial charge < -0.3 is 10.1 Å². The molecule has 1 heterocycles. The number of anilines is 1. The first-order valence-electron chi connectivity index (χ1n) is 7.02. The third kappa shape index (κ3) is 2.21. The van der Waals surface area contributed by atoms with Crippen LogP contribution in [0.5, 0.6) is 5.75 Å². The van der Waals surface area contributed by atoms with E-state index >= 15 is 0 Å². The molecule has 98 valence electrons. The molecule has 1 unspecified atom stereocenters. The second-order valence-corrected chi connectivity index (χ2v) is 6.89. The van der Waals surface area contributed by atoms with Crippen LogP contribution in [0, 0.1) is 5.41 Å². The van der Waals surface area contributed by atoms with Gasteiger partial charge in [0.25, 0.3) is 0 Å². The Hall–Kier alpha value is -1.18. The van der Waals surface area contributed by atoms with Gasteiger partial charge in [0.2, 0.25) is 0 Å². The Morgan fingerprint density at radius 3 is 2.72 bits per heavy atom. The largest absolute Gasteiger partial charge is 0.487 e. The summed E-state index contributed by atoms with van der Waals surface area (Å²) in [7, 11) is 0. The Kier molecular flexibility index (Phi) is 2.58. The van der Waals surface area contributed by atoms with Crippen LogP contribution in [0.25, 0.3) is 0 Å². The molecule has 2 nitrogen and oxygen atoms in total. The summed E-state index contributed by atoms with van der Waals surface area (Å²) in [5, 5.41) is 3.41. The van der Waals surface area contributed by atoms with Crippen molar-refractivity contribution in [3.63, 3.8) is 0 Å². The first kappa shape index (κ1) is 11.9. The fraction of sp³-hybridized carbons (Fsp3) is 0.625. The van der Waals surface area contributed by atoms with Crippen molar-refractivity contribution in [3.05, 3.63) is 23.8 Å². The summed E-state index contributed by atoms with van der Waals surface area (Å²) >= 11 is 0. The summed E-state index contributed by atoms with van der Waals surface area (Å²) in [6.45, 7) is 7.99. The van der Waals surface area contributed by atoms with E-state index in [-0.39, 0.29) is 5.60 Å². The van der Waals surface area contributed by atoms with Crippen molar-refractivity contribution < 1.29 is 4.74 Å². The quantitative estimate of drug-likeness (QED) is 0.850. The van der Waals surface area contributed by atoms with Gasteiger partial charge in [0.1, 0.15) is 11.4 Å². The minimum absolute atomic E-state index is 0.0103. The second-order valence-electron chi connectivity index (χ2n) is 6.89. The number of benzene rings is 1. The Morgan fingerprint density at radius 1 is 1.17 bits per heavy atom. The van der Waals surface area contributed by atoms with Gasteiger partial charge in [0.15, 0.2) is 0 Å². The Morgan fingerprint density at radius 2 is 2.00 bits per heavy atom. The lowest BCUT2D eigenvalue weighted by Crippen LogP contribution is -2.29. The van der Waals surface area contributed by atoms with Crippen molar-refractivity contribution >= 4 is 5.69 Å². The highest BCUT2D eigenvalue weighted by Crippen LogP contribution is 2.45. The SMILES string of the molecule is CC1(C)CCC(C)(Oc2ccc3c(c2)NCC3)C1. The molecule has 0 amide bonds. The van der Waals surface area contributed by atoms with Crippen LogP contribution in [0.1, 0.15) is 45.6 Å². The zero-order valence-corrected chi connectivity index (χ0v) is 11.7. The molecule has 1 aromatic carbocycles. The van der Waals surface area contributed by atoms with Gasteiger partial charge in [-0.1, -0.05) is 19.9 Å². The molecule has 0 spiro atoms. The summed E-state index contributed by atoms with van der Waals surface area (Å²) in [5.41, 5.74) is 3.10. The van der Waals surface area contributed by atoms with Gasteiger partial charge in [-0.3, -0.25) is 0 Å². The van der Waals surface area contributed by atoms with Crippen molar-refractivity contribution in [1.29, 1.82) is 0 Å². The molecule has 3 rings (SSSR count). The molecule has 1 fully saturated rings. The second kappa shape index (κ2) is 3.91. The molecule has 1 N–H and O–H groups in total. The fourth-order valence-electron chi connectivity index (χ4n) is 3.50. The average Bonchev–Trinajstić information content (AvgIpc) is 2.82. The van der Waals surface area contributed by atoms with Crippen molar-refractivity contribution in [2.24, 2.45) is 5.41 Å². The lowest BCUT2D eigenvalue weighted by Gasteiger charge is -2.28. The van der Waals surface area contributed by atoms with Crippen LogP contribution in [-0.4, -0.2) is 12.1 Å². The topological polar surface area (TPSA) is 21.3 Å². The number of fused-ring (bicyclic) bond motifs is 1. The molecule has 2 aliphatic rings. The minimum atomic E-state index is 0.0103. The molecule has 1 saturated carbocycles. The van der Waals surface area contributed by atoms with Gasteiger partial charge in [-0.2, -0.15) is 0 Å². The molecule has 1 aliphatic heterocycles. The van der Waals surface area contributed by atoms with Crippen LogP contribution in [0.15, 0.2) is 18.2 Å². The predicted octanol–water partition coefficient (Wildman–Crippen LogP) is 4.00. The number of ether oxygens (including phenoxy) is 1. The maximum Gasteiger partial charge on any atom is 0.122 e. The van der Waals surface area contributed by atoms with E-state index in [1.165, 1.54) is 17.7 Å². The van der Waals surface area contributed by atoms with E-state index in [2.05, 4.69) is 44.3 Å². The molecule has 2 heteroatoms. The summed E-state index contributed by atoms with van der Waals surface area (Å²) in [6.07, 6.45) is 4.70. The number of rotatable bonds is 2. The van der Waals surface area contributed by atoms with E-state index in [0.29, 0.717) is 5.41 Å². The number of hydrogen-bond donors (Lipinski definition) is 1. The van der Waals surface area contributed by atoms with Gasteiger partial charge in [0.05, 0.1) is 0 Å². The first-order chi connectivity index (χ1) is 8.46. The van der Waals surface area contributed by atoms with E-state index in [9.17, 15) is 0 Å². The monoisotopic (exact) mass is 245 g/mol. The Labute approximate surface area is 110 Å². The van der Waals surface area contributed by atoms with Crippen LogP contribution in [0.2, 0.25) is 0 Å². The van der Waals surface area contributed by atoms with Crippen LogP contribution >= 0.6 is 0 Å². The molecule has 18 heavy (non-hydrogen) atoms. The van der Waals surface area contributed by atoms with E-state index in [4.69, 9.17) is 4.74 Å². The molecule has 0 radical (unpaired) electrons. The molecule has 0 bridgehead atoms. The molecule has 1 aliphatic carbocycles. The van der Waals surface area contributed by atoms with Gasteiger partial charge in [-0.15, -0.1) is 0 Å². The highest BCUT2D eigenvalue weighted by Gasteiger charge is 2.41. The van der Waals surface area contributed by atoms with Crippen molar-refractivity contribution in [2.45, 2.75) is 52.1 Å². The van der Waals surface area contributed by atoms with Gasteiger partial charge >= 0.3 is 0 Å². The van der Waals surface area contributed by atoms with Gasteiger partial charge in [0, 0.05) is 18.3 Å². The normalized spacial score (nSPS) is 28.8. The van der Waals surface area contributed by atoms with E-state index in [1.807, 2.05) is 0 Å². The number of nitrogens with one attached hydrogen (secondary N) is 1. The third-order valence-corrected chi connectivity index (χ3v) is 4.34. The molecular formula is C16H23NO. The van der Waals surface area contributed by atoms with Crippen LogP contribution in [0.4, 0.5) is 5.69 Å². The maximum atomic E-state index is 6.28. The zero-order chi connectivity index (χ0) is 12.8. The van der Waals surface area contributed by atoms with Crippen molar-refractivity contribution in [2.75, 3.05) is 11.9 Å². The minimum Gasteiger partial charge on any atom is -0.487 e. The maximum absolute atomic E-state index is 6.28. The van der Waals surface area contributed by atoms with E-state index in [1.54, 1.807) is 0 Å². The predicted molar refractivity (Wildman–Crippen MR) is 75.3 cm³/mol. The summed E-state index contributed by atoms with van der Waals surface area (Å²) in [5.74, 6) is 1.02. The number of hydrogen-bond acceptors (Lipinski definition) is 2. The van der Waals surface area contributed by atoms with Crippen LogP contribution in [-0.2, 0) is 6.42 Å². The smallest absolute Gasteiger partial charge is 0.122 e. The molecular weight excluding hydrogens is 222 g/mol. The lowest BCUT2D eigenvalue weighted by molar-refractivity contribution is 0.0848. The van der Waals surface area contributed by atoms with E-state index in [0.717, 1.165) is 31.6 Å². The third-order valence-electron chi connectivity index (χ3n) is 4.34. The zero-order valence-electron chi connectivity index (χ0n) is 11.7. The molecule has 0 aromatic heterocycles. The molecule has 0 saturated heterocycles. The fourth-order valence-corrected chi connectivity index (χ4v) is 3.50. The van der Waals surface area contributed by atoms with Crippen molar-refractivity contribution in [1.82, 2.24) is 0 Å². The average molecular weight is 245 g/mol. The van der Waals surface area contributed by atoms with Crippen molar-refractivity contribution in [3.8, 4) is 5.75 Å². The molecule has 1 aromatic rings. The van der Waals surface area contributed by atoms with Crippen LogP contribution in [0.3, 0.4) is 0 Å². The van der Waals surface area contributed by atoms with E-state index < -0.39 is 0 Å². The highest BCUT2D eigenvalue weighted by molar-refractivity contribution is 5.58. The Bertz CT molecular complexity index is 466.